The van der Waals surface area contributed by atoms with Crippen LogP contribution in [0.15, 0.2) is 82.7 Å². The lowest BCUT2D eigenvalue weighted by Gasteiger charge is -2.09. The molecule has 1 aliphatic rings. The summed E-state index contributed by atoms with van der Waals surface area (Å²) >= 11 is 7.42. The highest BCUT2D eigenvalue weighted by molar-refractivity contribution is 8.18. The molecular weight excluding hydrogens is 478 g/mol. The molecule has 0 atom stereocenters. The van der Waals surface area contributed by atoms with E-state index in [-0.39, 0.29) is 5.91 Å². The van der Waals surface area contributed by atoms with E-state index < -0.39 is 0 Å². The zero-order valence-electron chi connectivity index (χ0n) is 19.4. The zero-order valence-corrected chi connectivity index (χ0v) is 21.0. The Bertz CT molecular complexity index is 1450. The predicted molar refractivity (Wildman–Crippen MR) is 146 cm³/mol. The quantitative estimate of drug-likeness (QED) is 0.291. The number of hydrogen-bond acceptors (Lipinski definition) is 4. The van der Waals surface area contributed by atoms with Gasteiger partial charge >= 0.3 is 0 Å². The molecule has 1 fully saturated rings. The molecule has 7 heteroatoms. The van der Waals surface area contributed by atoms with Crippen LogP contribution in [0.5, 0.6) is 5.75 Å². The monoisotopic (exact) mass is 501 g/mol. The van der Waals surface area contributed by atoms with Gasteiger partial charge in [0.15, 0.2) is 5.17 Å². The van der Waals surface area contributed by atoms with Gasteiger partial charge in [0.05, 0.1) is 17.2 Å². The minimum atomic E-state index is -0.145. The Morgan fingerprint density at radius 1 is 1.06 bits per heavy atom. The smallest absolute Gasteiger partial charge is 0.264 e. The van der Waals surface area contributed by atoms with Crippen molar-refractivity contribution in [3.63, 3.8) is 0 Å². The Balaban J connectivity index is 1.46. The number of nitrogens with one attached hydrogen (secondary N) is 1. The highest BCUT2D eigenvalue weighted by Gasteiger charge is 2.25. The van der Waals surface area contributed by atoms with E-state index in [9.17, 15) is 4.79 Å². The third-order valence-corrected chi connectivity index (χ3v) is 7.00. The molecule has 1 saturated heterocycles. The van der Waals surface area contributed by atoms with Gasteiger partial charge < -0.3 is 14.6 Å². The molecule has 4 aromatic rings. The number of thioether (sulfide) groups is 1. The van der Waals surface area contributed by atoms with Crippen LogP contribution in [0, 0.1) is 6.92 Å². The van der Waals surface area contributed by atoms with Gasteiger partial charge in [-0.2, -0.15) is 0 Å². The number of fused-ring (bicyclic) bond motifs is 1. The van der Waals surface area contributed by atoms with E-state index in [1.54, 1.807) is 0 Å². The lowest BCUT2D eigenvalue weighted by atomic mass is 10.1. The number of aromatic nitrogens is 1. The topological polar surface area (TPSA) is 55.6 Å². The summed E-state index contributed by atoms with van der Waals surface area (Å²) in [6.07, 6.45) is 1.97. The molecule has 5 nitrogen and oxygen atoms in total. The molecule has 0 spiro atoms. The third kappa shape index (κ3) is 4.99. The van der Waals surface area contributed by atoms with Crippen LogP contribution in [0.4, 0.5) is 5.69 Å². The highest BCUT2D eigenvalue weighted by Crippen LogP contribution is 2.33. The molecule has 0 aliphatic carbocycles. The summed E-state index contributed by atoms with van der Waals surface area (Å²) in [4.78, 5) is 18.0. The fourth-order valence-electron chi connectivity index (χ4n) is 4.13. The standard InChI is InChI=1S/C28H24ClN3O2S/c1-3-34-22-14-12-21(13-15-22)30-28-31-27(33)26(35-28)16-24-18(2)32(25-7-5-4-6-23(24)25)17-19-8-10-20(29)11-9-19/h4-16H,3,17H2,1-2H3,(H,30,31,33). The maximum atomic E-state index is 12.8. The van der Waals surface area contributed by atoms with Crippen molar-refractivity contribution in [2.75, 3.05) is 6.61 Å². The average Bonchev–Trinajstić information content (AvgIpc) is 3.33. The Morgan fingerprint density at radius 2 is 1.80 bits per heavy atom. The SMILES string of the molecule is CCOc1ccc(N=C2NC(=O)C(=Cc3c(C)n(Cc4ccc(Cl)cc4)c4ccccc34)S2)cc1. The maximum absolute atomic E-state index is 12.8. The van der Waals surface area contributed by atoms with E-state index >= 15 is 0 Å². The Kier molecular flexibility index (Phi) is 6.66. The van der Waals surface area contributed by atoms with Crippen molar-refractivity contribution in [3.8, 4) is 5.75 Å². The first-order chi connectivity index (χ1) is 17.0. The van der Waals surface area contributed by atoms with Gasteiger partial charge in [0, 0.05) is 33.7 Å². The van der Waals surface area contributed by atoms with Gasteiger partial charge in [0.1, 0.15) is 5.75 Å². The lowest BCUT2D eigenvalue weighted by molar-refractivity contribution is -0.115. The normalized spacial score (nSPS) is 15.8. The molecule has 1 N–H and O–H groups in total. The van der Waals surface area contributed by atoms with Crippen LogP contribution in [-0.4, -0.2) is 22.2 Å². The number of hydrogen-bond donors (Lipinski definition) is 1. The van der Waals surface area contributed by atoms with Gasteiger partial charge in [-0.25, -0.2) is 4.99 Å². The molecule has 1 aliphatic heterocycles. The largest absolute Gasteiger partial charge is 0.494 e. The van der Waals surface area contributed by atoms with Gasteiger partial charge in [-0.05, 0) is 79.7 Å². The van der Waals surface area contributed by atoms with Crippen LogP contribution in [0.3, 0.4) is 0 Å². The number of rotatable bonds is 6. The Labute approximate surface area is 213 Å². The van der Waals surface area contributed by atoms with Gasteiger partial charge in [0.25, 0.3) is 5.91 Å². The molecule has 5 rings (SSSR count). The summed E-state index contributed by atoms with van der Waals surface area (Å²) in [7, 11) is 0. The van der Waals surface area contributed by atoms with E-state index in [1.165, 1.54) is 11.8 Å². The van der Waals surface area contributed by atoms with E-state index in [0.717, 1.165) is 50.7 Å². The summed E-state index contributed by atoms with van der Waals surface area (Å²) in [6, 6.07) is 23.7. The molecular formula is C28H24ClN3O2S. The number of ether oxygens (including phenoxy) is 1. The number of halogens is 1. The minimum absolute atomic E-state index is 0.145. The van der Waals surface area contributed by atoms with Crippen molar-refractivity contribution in [2.45, 2.75) is 20.4 Å². The summed E-state index contributed by atoms with van der Waals surface area (Å²) in [5, 5.41) is 5.28. The number of aliphatic imine (C=N–C) groups is 1. The van der Waals surface area contributed by atoms with Crippen molar-refractivity contribution in [2.24, 2.45) is 4.99 Å². The number of amides is 1. The number of carbonyl (C=O) groups is 1. The van der Waals surface area contributed by atoms with Crippen LogP contribution in [0.25, 0.3) is 17.0 Å². The second-order valence-electron chi connectivity index (χ2n) is 8.14. The summed E-state index contributed by atoms with van der Waals surface area (Å²) < 4.78 is 7.76. The molecule has 2 heterocycles. The number of para-hydroxylation sites is 1. The molecule has 1 aromatic heterocycles. The van der Waals surface area contributed by atoms with E-state index in [2.05, 4.69) is 33.9 Å². The third-order valence-electron chi connectivity index (χ3n) is 5.84. The van der Waals surface area contributed by atoms with Crippen LogP contribution in [0.2, 0.25) is 5.02 Å². The zero-order chi connectivity index (χ0) is 24.4. The fourth-order valence-corrected chi connectivity index (χ4v) is 5.08. The first-order valence-electron chi connectivity index (χ1n) is 11.4. The van der Waals surface area contributed by atoms with Crippen molar-refractivity contribution in [1.82, 2.24) is 9.88 Å². The predicted octanol–water partition coefficient (Wildman–Crippen LogP) is 6.94. The number of nitrogens with zero attached hydrogens (tertiary/aromatic N) is 2. The van der Waals surface area contributed by atoms with Crippen LogP contribution in [-0.2, 0) is 11.3 Å². The van der Waals surface area contributed by atoms with Gasteiger partial charge in [-0.15, -0.1) is 0 Å². The van der Waals surface area contributed by atoms with Gasteiger partial charge in [-0.1, -0.05) is 41.9 Å². The number of amidine groups is 1. The molecule has 176 valence electrons. The fraction of sp³-hybridized carbons (Fsp3) is 0.143. The Morgan fingerprint density at radius 3 is 2.54 bits per heavy atom. The number of benzene rings is 3. The van der Waals surface area contributed by atoms with Crippen molar-refractivity contribution >= 4 is 57.1 Å². The molecule has 0 unspecified atom stereocenters. The molecule has 0 bridgehead atoms. The lowest BCUT2D eigenvalue weighted by Crippen LogP contribution is -2.19. The van der Waals surface area contributed by atoms with E-state index in [0.29, 0.717) is 16.7 Å². The van der Waals surface area contributed by atoms with Crippen molar-refractivity contribution in [1.29, 1.82) is 0 Å². The maximum Gasteiger partial charge on any atom is 0.264 e. The number of carbonyl (C=O) groups excluding carboxylic acids is 1. The molecule has 1 amide bonds. The molecule has 35 heavy (non-hydrogen) atoms. The van der Waals surface area contributed by atoms with E-state index in [1.807, 2.05) is 73.7 Å². The van der Waals surface area contributed by atoms with Crippen LogP contribution >= 0.6 is 23.4 Å². The minimum Gasteiger partial charge on any atom is -0.494 e. The Hall–Kier alpha value is -3.48. The van der Waals surface area contributed by atoms with Crippen molar-refractivity contribution in [3.05, 3.63) is 99.5 Å². The molecule has 3 aromatic carbocycles. The van der Waals surface area contributed by atoms with Crippen LogP contribution < -0.4 is 10.1 Å². The highest BCUT2D eigenvalue weighted by atomic mass is 35.5. The first-order valence-corrected chi connectivity index (χ1v) is 12.6. The van der Waals surface area contributed by atoms with E-state index in [4.69, 9.17) is 16.3 Å². The first kappa shape index (κ1) is 23.3. The summed E-state index contributed by atoms with van der Waals surface area (Å²) in [5.41, 5.74) is 5.18. The van der Waals surface area contributed by atoms with Crippen LogP contribution in [0.1, 0.15) is 23.7 Å². The summed E-state index contributed by atoms with van der Waals surface area (Å²) in [5.74, 6) is 0.652. The van der Waals surface area contributed by atoms with Crippen molar-refractivity contribution < 1.29 is 9.53 Å². The average molecular weight is 502 g/mol. The second-order valence-corrected chi connectivity index (χ2v) is 9.60. The van der Waals surface area contributed by atoms with Gasteiger partial charge in [-0.3, -0.25) is 4.79 Å². The summed E-state index contributed by atoms with van der Waals surface area (Å²) in [6.45, 7) is 5.37. The second kappa shape index (κ2) is 10.0. The molecule has 0 radical (unpaired) electrons. The van der Waals surface area contributed by atoms with Gasteiger partial charge in [0.2, 0.25) is 0 Å². The molecule has 0 saturated carbocycles.